The number of nitrogens with zero attached hydrogens (tertiary/aromatic N) is 2. The molecule has 3 nitrogen and oxygen atoms in total. The number of carbonyl (C=O) groups excluding carboxylic acids is 1. The molecule has 0 spiro atoms. The lowest BCUT2D eigenvalue weighted by molar-refractivity contribution is 0.0994. The van der Waals surface area contributed by atoms with Gasteiger partial charge in [-0.05, 0) is 18.2 Å². The van der Waals surface area contributed by atoms with Crippen LogP contribution in [0, 0.1) is 23.0 Å². The Morgan fingerprint density at radius 2 is 1.75 bits per heavy atom. The molecule has 1 unspecified atom stereocenters. The molecule has 0 fully saturated rings. The van der Waals surface area contributed by atoms with Gasteiger partial charge >= 0.3 is 0 Å². The molecular weight excluding hydrogens is 262 g/mol. The average molecular weight is 270 g/mol. The summed E-state index contributed by atoms with van der Waals surface area (Å²) in [6.45, 7) is 0. The number of nitriles is 1. The smallest absolute Gasteiger partial charge is 0.260 e. The Bertz CT molecular complexity index is 732. The fraction of sp³-hybridized carbons (Fsp3) is 0.0667. The van der Waals surface area contributed by atoms with Gasteiger partial charge in [-0.2, -0.15) is 5.26 Å². The van der Waals surface area contributed by atoms with Crippen LogP contribution in [0.4, 0.5) is 14.5 Å². The summed E-state index contributed by atoms with van der Waals surface area (Å²) in [7, 11) is 0. The lowest BCUT2D eigenvalue weighted by Gasteiger charge is -2.20. The SMILES string of the molecule is N#CC1c2ccccc2C(=O)N1c1cc(F)cc(F)c1. The Balaban J connectivity index is 2.16. The van der Waals surface area contributed by atoms with Crippen LogP contribution < -0.4 is 4.90 Å². The third kappa shape index (κ3) is 1.74. The normalized spacial score (nSPS) is 16.9. The van der Waals surface area contributed by atoms with Crippen LogP contribution in [0.1, 0.15) is 22.0 Å². The van der Waals surface area contributed by atoms with E-state index in [0.29, 0.717) is 11.1 Å². The lowest BCUT2D eigenvalue weighted by Crippen LogP contribution is -2.27. The largest absolute Gasteiger partial charge is 0.287 e. The standard InChI is InChI=1S/C15H8F2N2O/c16-9-5-10(17)7-11(6-9)19-14(8-18)12-3-1-2-4-13(12)15(19)20/h1-7,14H. The summed E-state index contributed by atoms with van der Waals surface area (Å²) >= 11 is 0. The van der Waals surface area contributed by atoms with Crippen molar-refractivity contribution in [1.82, 2.24) is 0 Å². The van der Waals surface area contributed by atoms with Gasteiger partial charge in [-0.1, -0.05) is 18.2 Å². The Hall–Kier alpha value is -2.74. The first-order valence-electron chi connectivity index (χ1n) is 5.90. The Morgan fingerprint density at radius 3 is 2.40 bits per heavy atom. The van der Waals surface area contributed by atoms with E-state index in [4.69, 9.17) is 0 Å². The molecular formula is C15H8F2N2O. The summed E-state index contributed by atoms with van der Waals surface area (Å²) in [4.78, 5) is 13.4. The molecule has 0 N–H and O–H groups in total. The average Bonchev–Trinajstić information content (AvgIpc) is 2.71. The van der Waals surface area contributed by atoms with Crippen molar-refractivity contribution in [2.75, 3.05) is 4.90 Å². The summed E-state index contributed by atoms with van der Waals surface area (Å²) in [6, 6.07) is 10.6. The molecule has 0 aliphatic carbocycles. The Kier molecular flexibility index (Phi) is 2.72. The van der Waals surface area contributed by atoms with E-state index < -0.39 is 23.6 Å². The third-order valence-electron chi connectivity index (χ3n) is 3.21. The minimum atomic E-state index is -0.875. The minimum absolute atomic E-state index is 0.0373. The molecule has 0 bridgehead atoms. The molecule has 98 valence electrons. The molecule has 1 heterocycles. The van der Waals surface area contributed by atoms with Crippen LogP contribution in [0.5, 0.6) is 0 Å². The van der Waals surface area contributed by atoms with E-state index in [0.717, 1.165) is 23.1 Å². The fourth-order valence-electron chi connectivity index (χ4n) is 2.39. The Labute approximate surface area is 113 Å². The number of amides is 1. The van der Waals surface area contributed by atoms with Crippen molar-refractivity contribution in [2.24, 2.45) is 0 Å². The number of benzene rings is 2. The van der Waals surface area contributed by atoms with Gasteiger partial charge in [-0.25, -0.2) is 8.78 Å². The lowest BCUT2D eigenvalue weighted by atomic mass is 10.1. The van der Waals surface area contributed by atoms with Crippen molar-refractivity contribution in [3.8, 4) is 6.07 Å². The summed E-state index contributed by atoms with van der Waals surface area (Å²) in [5, 5.41) is 9.27. The quantitative estimate of drug-likeness (QED) is 0.798. The van der Waals surface area contributed by atoms with Gasteiger partial charge in [-0.3, -0.25) is 9.69 Å². The van der Waals surface area contributed by atoms with Crippen LogP contribution >= 0.6 is 0 Å². The second-order valence-electron chi connectivity index (χ2n) is 4.42. The van der Waals surface area contributed by atoms with E-state index in [1.807, 2.05) is 6.07 Å². The summed E-state index contributed by atoms with van der Waals surface area (Å²) in [5.74, 6) is -2.02. The van der Waals surface area contributed by atoms with E-state index in [-0.39, 0.29) is 5.69 Å². The van der Waals surface area contributed by atoms with Crippen LogP contribution in [0.3, 0.4) is 0 Å². The van der Waals surface area contributed by atoms with E-state index in [9.17, 15) is 18.8 Å². The number of anilines is 1. The van der Waals surface area contributed by atoms with E-state index in [2.05, 4.69) is 0 Å². The highest BCUT2D eigenvalue weighted by atomic mass is 19.1. The fourth-order valence-corrected chi connectivity index (χ4v) is 2.39. The minimum Gasteiger partial charge on any atom is -0.287 e. The van der Waals surface area contributed by atoms with Crippen molar-refractivity contribution in [2.45, 2.75) is 6.04 Å². The first-order chi connectivity index (χ1) is 9.61. The first-order valence-corrected chi connectivity index (χ1v) is 5.90. The van der Waals surface area contributed by atoms with Crippen molar-refractivity contribution >= 4 is 11.6 Å². The van der Waals surface area contributed by atoms with Gasteiger partial charge < -0.3 is 0 Å². The van der Waals surface area contributed by atoms with Gasteiger partial charge in [0.25, 0.3) is 5.91 Å². The highest BCUT2D eigenvalue weighted by Crippen LogP contribution is 2.37. The molecule has 0 saturated heterocycles. The molecule has 0 aromatic heterocycles. The number of rotatable bonds is 1. The molecule has 0 saturated carbocycles. The zero-order valence-corrected chi connectivity index (χ0v) is 10.2. The summed E-state index contributed by atoms with van der Waals surface area (Å²) < 4.78 is 26.6. The second kappa shape index (κ2) is 4.42. The molecule has 2 aromatic carbocycles. The highest BCUT2D eigenvalue weighted by molar-refractivity contribution is 6.11. The molecule has 1 aliphatic rings. The number of fused-ring (bicyclic) bond motifs is 1. The van der Waals surface area contributed by atoms with Crippen LogP contribution in [0.15, 0.2) is 42.5 Å². The monoisotopic (exact) mass is 270 g/mol. The first kappa shape index (κ1) is 12.3. The van der Waals surface area contributed by atoms with Gasteiger partial charge in [0, 0.05) is 17.2 Å². The maximum absolute atomic E-state index is 13.3. The molecule has 20 heavy (non-hydrogen) atoms. The zero-order valence-electron chi connectivity index (χ0n) is 10.2. The van der Waals surface area contributed by atoms with Crippen LogP contribution in [-0.4, -0.2) is 5.91 Å². The third-order valence-corrected chi connectivity index (χ3v) is 3.21. The van der Waals surface area contributed by atoms with Crippen molar-refractivity contribution in [1.29, 1.82) is 5.26 Å². The number of hydrogen-bond acceptors (Lipinski definition) is 2. The predicted molar refractivity (Wildman–Crippen MR) is 68.0 cm³/mol. The van der Waals surface area contributed by atoms with Crippen molar-refractivity contribution < 1.29 is 13.6 Å². The predicted octanol–water partition coefficient (Wildman–Crippen LogP) is 3.19. The highest BCUT2D eigenvalue weighted by Gasteiger charge is 2.37. The van der Waals surface area contributed by atoms with Gasteiger partial charge in [-0.15, -0.1) is 0 Å². The summed E-state index contributed by atoms with van der Waals surface area (Å²) in [5.41, 5.74) is 0.962. The number of carbonyl (C=O) groups is 1. The molecule has 2 aromatic rings. The summed E-state index contributed by atoms with van der Waals surface area (Å²) in [6.07, 6.45) is 0. The van der Waals surface area contributed by atoms with Gasteiger partial charge in [0.1, 0.15) is 11.6 Å². The maximum atomic E-state index is 13.3. The van der Waals surface area contributed by atoms with E-state index >= 15 is 0 Å². The topological polar surface area (TPSA) is 44.1 Å². The second-order valence-corrected chi connectivity index (χ2v) is 4.42. The van der Waals surface area contributed by atoms with Gasteiger partial charge in [0.05, 0.1) is 11.8 Å². The van der Waals surface area contributed by atoms with Gasteiger partial charge in [0.15, 0.2) is 6.04 Å². The molecule has 1 atom stereocenters. The molecule has 1 aliphatic heterocycles. The van der Waals surface area contributed by atoms with Crippen LogP contribution in [-0.2, 0) is 0 Å². The van der Waals surface area contributed by atoms with Crippen LogP contribution in [0.25, 0.3) is 0 Å². The molecule has 3 rings (SSSR count). The molecule has 5 heteroatoms. The zero-order chi connectivity index (χ0) is 14.3. The Morgan fingerprint density at radius 1 is 1.10 bits per heavy atom. The van der Waals surface area contributed by atoms with E-state index in [1.54, 1.807) is 24.3 Å². The molecule has 1 amide bonds. The van der Waals surface area contributed by atoms with Crippen LogP contribution in [0.2, 0.25) is 0 Å². The van der Waals surface area contributed by atoms with Crippen molar-refractivity contribution in [3.63, 3.8) is 0 Å². The molecule has 0 radical (unpaired) electrons. The number of halogens is 2. The maximum Gasteiger partial charge on any atom is 0.260 e. The van der Waals surface area contributed by atoms with E-state index in [1.165, 1.54) is 0 Å². The number of hydrogen-bond donors (Lipinski definition) is 0. The van der Waals surface area contributed by atoms with Crippen molar-refractivity contribution in [3.05, 3.63) is 65.2 Å². The van der Waals surface area contributed by atoms with Gasteiger partial charge in [0.2, 0.25) is 0 Å².